The number of nitrogens with one attached hydrogen (secondary N) is 4. The molecule has 0 unspecified atom stereocenters. The summed E-state index contributed by atoms with van der Waals surface area (Å²) < 4.78 is 4.57. The van der Waals surface area contributed by atoms with Gasteiger partial charge in [0, 0.05) is 16.0 Å². The quantitative estimate of drug-likeness (QED) is 0.206. The number of H-pyrrole nitrogens is 2. The van der Waals surface area contributed by atoms with Crippen molar-refractivity contribution in [1.29, 1.82) is 0 Å². The summed E-state index contributed by atoms with van der Waals surface area (Å²) in [6.07, 6.45) is 0.0881. The molecule has 0 atom stereocenters. The number of amides is 2. The van der Waals surface area contributed by atoms with Gasteiger partial charge in [-0.05, 0) is 48.0 Å². The molecule has 0 saturated carbocycles. The van der Waals surface area contributed by atoms with Crippen LogP contribution in [0.25, 0.3) is 22.3 Å². The second-order valence-electron chi connectivity index (χ2n) is 8.01. The van der Waals surface area contributed by atoms with Crippen molar-refractivity contribution >= 4 is 68.9 Å². The number of para-hydroxylation sites is 1. The average molecular weight is 557 g/mol. The van der Waals surface area contributed by atoms with Gasteiger partial charge in [-0.15, -0.1) is 0 Å². The second-order valence-corrected chi connectivity index (χ2v) is 9.26. The van der Waals surface area contributed by atoms with E-state index in [4.69, 9.17) is 34.8 Å². The van der Waals surface area contributed by atoms with E-state index in [0.717, 1.165) is 5.39 Å². The summed E-state index contributed by atoms with van der Waals surface area (Å²) in [6.45, 7) is 0. The van der Waals surface area contributed by atoms with Crippen LogP contribution >= 0.6 is 34.8 Å². The van der Waals surface area contributed by atoms with Crippen LogP contribution in [0.5, 0.6) is 0 Å². The van der Waals surface area contributed by atoms with E-state index in [9.17, 15) is 14.4 Å². The number of nitrogens with zero attached hydrogens (tertiary/aromatic N) is 1. The number of hydrogen-bond acceptors (Lipinski definition) is 5. The first-order valence-corrected chi connectivity index (χ1v) is 11.9. The van der Waals surface area contributed by atoms with Gasteiger partial charge in [-0.1, -0.05) is 58.2 Å². The molecule has 9 nitrogen and oxygen atoms in total. The van der Waals surface area contributed by atoms with Crippen molar-refractivity contribution in [2.75, 3.05) is 10.6 Å². The number of hydrogen-bond donors (Lipinski definition) is 4. The van der Waals surface area contributed by atoms with Gasteiger partial charge in [-0.2, -0.15) is 0 Å². The number of aromatic nitrogens is 3. The highest BCUT2D eigenvalue weighted by molar-refractivity contribution is 6.42. The maximum absolute atomic E-state index is 13.1. The Balaban J connectivity index is 1.37. The molecule has 3 aromatic carbocycles. The average Bonchev–Trinajstić information content (AvgIpc) is 3.49. The van der Waals surface area contributed by atoms with Crippen molar-refractivity contribution < 1.29 is 14.1 Å². The molecule has 2 heterocycles. The Kier molecular flexibility index (Phi) is 6.75. The van der Waals surface area contributed by atoms with Crippen LogP contribution in [0.4, 0.5) is 11.4 Å². The van der Waals surface area contributed by atoms with Gasteiger partial charge >= 0.3 is 5.76 Å². The topological polar surface area (TPSA) is 133 Å². The summed E-state index contributed by atoms with van der Waals surface area (Å²) in [4.78, 5) is 42.7. The van der Waals surface area contributed by atoms with Crippen LogP contribution in [0.3, 0.4) is 0 Å². The van der Waals surface area contributed by atoms with Crippen molar-refractivity contribution in [2.45, 2.75) is 6.42 Å². The van der Waals surface area contributed by atoms with Crippen LogP contribution in [-0.2, 0) is 11.2 Å². The standard InChI is InChI=1S/C25H16Cl3N5O4/c26-14-5-7-18(15(11-14)23-32-25(36)37-33-23)31-24(35)20-10-13-2-1-3-19(22(13)30-20)29-21(34)9-12-4-6-16(27)17(28)8-12/h1-8,10-11,30H,9H2,(H,29,34)(H,31,35)(H,32,33,36). The van der Waals surface area contributed by atoms with Gasteiger partial charge in [-0.25, -0.2) is 4.79 Å². The van der Waals surface area contributed by atoms with E-state index in [0.29, 0.717) is 43.1 Å². The summed E-state index contributed by atoms with van der Waals surface area (Å²) in [5.41, 5.74) is 2.76. The van der Waals surface area contributed by atoms with Crippen LogP contribution in [0.15, 0.2) is 70.0 Å². The van der Waals surface area contributed by atoms with Crippen LogP contribution in [-0.4, -0.2) is 26.9 Å². The predicted octanol–water partition coefficient (Wildman–Crippen LogP) is 5.90. The first-order chi connectivity index (χ1) is 17.8. The Labute approximate surface area is 223 Å². The Morgan fingerprint density at radius 3 is 2.49 bits per heavy atom. The predicted molar refractivity (Wildman–Crippen MR) is 143 cm³/mol. The van der Waals surface area contributed by atoms with E-state index in [1.54, 1.807) is 48.5 Å². The molecule has 2 aromatic heterocycles. The van der Waals surface area contributed by atoms with E-state index in [1.165, 1.54) is 6.07 Å². The third-order valence-electron chi connectivity index (χ3n) is 5.45. The lowest BCUT2D eigenvalue weighted by Gasteiger charge is -2.09. The number of fused-ring (bicyclic) bond motifs is 1. The first-order valence-electron chi connectivity index (χ1n) is 10.8. The Bertz CT molecular complexity index is 1720. The van der Waals surface area contributed by atoms with Gasteiger partial charge in [-0.3, -0.25) is 19.1 Å². The smallest absolute Gasteiger partial charge is 0.349 e. The molecule has 37 heavy (non-hydrogen) atoms. The molecule has 12 heteroatoms. The Morgan fingerprint density at radius 1 is 0.892 bits per heavy atom. The van der Waals surface area contributed by atoms with Gasteiger partial charge in [0.2, 0.25) is 5.91 Å². The van der Waals surface area contributed by atoms with Gasteiger partial charge in [0.15, 0.2) is 5.82 Å². The van der Waals surface area contributed by atoms with Crippen molar-refractivity contribution in [2.24, 2.45) is 0 Å². The van der Waals surface area contributed by atoms with E-state index < -0.39 is 11.7 Å². The summed E-state index contributed by atoms with van der Waals surface area (Å²) in [6, 6.07) is 16.7. The number of carbonyl (C=O) groups is 2. The molecule has 5 rings (SSSR count). The maximum atomic E-state index is 13.1. The van der Waals surface area contributed by atoms with Gasteiger partial charge in [0.05, 0.1) is 33.4 Å². The second kappa shape index (κ2) is 10.1. The lowest BCUT2D eigenvalue weighted by atomic mass is 10.1. The molecular weight excluding hydrogens is 541 g/mol. The normalized spacial score (nSPS) is 11.0. The van der Waals surface area contributed by atoms with E-state index in [-0.39, 0.29) is 23.8 Å². The minimum absolute atomic E-state index is 0.0881. The third-order valence-corrected chi connectivity index (χ3v) is 6.42. The number of rotatable bonds is 6. The molecule has 2 amide bonds. The molecule has 5 aromatic rings. The number of aromatic amines is 2. The SMILES string of the molecule is O=C(Cc1ccc(Cl)c(Cl)c1)Nc1cccc2cc(C(=O)Nc3ccc(Cl)cc3-c3noc(=O)[nH]3)[nH]c12. The van der Waals surface area contributed by atoms with E-state index in [2.05, 4.69) is 30.3 Å². The van der Waals surface area contributed by atoms with Gasteiger partial charge in [0.1, 0.15) is 5.69 Å². The number of benzene rings is 3. The number of halogens is 3. The molecule has 0 saturated heterocycles. The minimum Gasteiger partial charge on any atom is -0.349 e. The fourth-order valence-electron chi connectivity index (χ4n) is 3.77. The Morgan fingerprint density at radius 2 is 1.73 bits per heavy atom. The number of anilines is 2. The molecule has 0 aliphatic rings. The van der Waals surface area contributed by atoms with E-state index in [1.807, 2.05) is 6.07 Å². The zero-order valence-electron chi connectivity index (χ0n) is 18.7. The van der Waals surface area contributed by atoms with Crippen LogP contribution in [0, 0.1) is 0 Å². The summed E-state index contributed by atoms with van der Waals surface area (Å²) in [5.74, 6) is -1.35. The summed E-state index contributed by atoms with van der Waals surface area (Å²) in [7, 11) is 0. The molecule has 0 spiro atoms. The van der Waals surface area contributed by atoms with E-state index >= 15 is 0 Å². The lowest BCUT2D eigenvalue weighted by Crippen LogP contribution is -2.15. The fraction of sp³-hybridized carbons (Fsp3) is 0.0400. The van der Waals surface area contributed by atoms with Crippen molar-refractivity contribution in [3.8, 4) is 11.4 Å². The molecule has 0 bridgehead atoms. The van der Waals surface area contributed by atoms with Crippen LogP contribution < -0.4 is 16.4 Å². The zero-order chi connectivity index (χ0) is 26.1. The molecule has 0 fully saturated rings. The monoisotopic (exact) mass is 555 g/mol. The van der Waals surface area contributed by atoms with Crippen molar-refractivity contribution in [3.63, 3.8) is 0 Å². The first kappa shape index (κ1) is 24.6. The highest BCUT2D eigenvalue weighted by atomic mass is 35.5. The van der Waals surface area contributed by atoms with Gasteiger partial charge < -0.3 is 15.6 Å². The third kappa shape index (κ3) is 5.39. The Hall–Kier alpha value is -4.05. The van der Waals surface area contributed by atoms with Crippen molar-refractivity contribution in [1.82, 2.24) is 15.1 Å². The largest absolute Gasteiger partial charge is 0.439 e. The van der Waals surface area contributed by atoms with Crippen molar-refractivity contribution in [3.05, 3.63) is 97.5 Å². The van der Waals surface area contributed by atoms with Crippen LogP contribution in [0.1, 0.15) is 16.1 Å². The molecular formula is C25H16Cl3N5O4. The highest BCUT2D eigenvalue weighted by Crippen LogP contribution is 2.30. The lowest BCUT2D eigenvalue weighted by molar-refractivity contribution is -0.115. The highest BCUT2D eigenvalue weighted by Gasteiger charge is 2.17. The maximum Gasteiger partial charge on any atom is 0.439 e. The summed E-state index contributed by atoms with van der Waals surface area (Å²) in [5, 5.41) is 11.2. The molecule has 0 aliphatic heterocycles. The number of carbonyl (C=O) groups excluding carboxylic acids is 2. The molecule has 0 radical (unpaired) electrons. The molecule has 0 aliphatic carbocycles. The van der Waals surface area contributed by atoms with Crippen LogP contribution in [0.2, 0.25) is 15.1 Å². The minimum atomic E-state index is -0.739. The molecule has 186 valence electrons. The van der Waals surface area contributed by atoms with Gasteiger partial charge in [0.25, 0.3) is 5.91 Å². The summed E-state index contributed by atoms with van der Waals surface area (Å²) >= 11 is 18.1. The fourth-order valence-corrected chi connectivity index (χ4v) is 4.26. The molecule has 4 N–H and O–H groups in total. The zero-order valence-corrected chi connectivity index (χ0v) is 21.0.